The molecule has 0 bridgehead atoms. The smallest absolute Gasteiger partial charge is 0.157 e. The summed E-state index contributed by atoms with van der Waals surface area (Å²) < 4.78 is 0. The average Bonchev–Trinajstić information content (AvgIpc) is 2.88. The number of thiazole rings is 1. The zero-order valence-electron chi connectivity index (χ0n) is 12.7. The maximum atomic E-state index is 6.02. The van der Waals surface area contributed by atoms with Crippen LogP contribution in [0, 0.1) is 0 Å². The van der Waals surface area contributed by atoms with Gasteiger partial charge in [-0.15, -0.1) is 11.3 Å². The molecule has 2 heterocycles. The van der Waals surface area contributed by atoms with Crippen molar-refractivity contribution in [2.45, 2.75) is 32.6 Å². The number of anilines is 2. The molecule has 7 heteroatoms. The van der Waals surface area contributed by atoms with E-state index < -0.39 is 0 Å². The fraction of sp³-hybridized carbons (Fsp3) is 0.500. The van der Waals surface area contributed by atoms with E-state index in [4.69, 9.17) is 11.6 Å². The molecule has 0 saturated carbocycles. The summed E-state index contributed by atoms with van der Waals surface area (Å²) in [5.74, 6) is 0.713. The molecule has 0 aromatic carbocycles. The normalized spacial score (nSPS) is 11.5. The highest BCUT2D eigenvalue weighted by Gasteiger charge is 2.17. The largest absolute Gasteiger partial charge is 0.383 e. The Morgan fingerprint density at radius 1 is 1.29 bits per heavy atom. The van der Waals surface area contributed by atoms with Gasteiger partial charge in [-0.3, -0.25) is 0 Å². The van der Waals surface area contributed by atoms with Crippen molar-refractivity contribution in [2.24, 2.45) is 0 Å². The van der Waals surface area contributed by atoms with Gasteiger partial charge in [-0.1, -0.05) is 32.4 Å². The molecule has 0 saturated heterocycles. The van der Waals surface area contributed by atoms with Gasteiger partial charge in [0.05, 0.1) is 10.7 Å². The minimum Gasteiger partial charge on any atom is -0.383 e. The summed E-state index contributed by atoms with van der Waals surface area (Å²) in [7, 11) is 1.80. The Morgan fingerprint density at radius 2 is 2.05 bits per heavy atom. The first-order chi connectivity index (χ1) is 9.91. The molecule has 0 atom stereocenters. The molecule has 0 amide bonds. The number of nitrogens with zero attached hydrogens (tertiary/aromatic N) is 3. The number of hydrogen-bond acceptors (Lipinski definition) is 6. The van der Waals surface area contributed by atoms with E-state index >= 15 is 0 Å². The molecule has 0 fully saturated rings. The summed E-state index contributed by atoms with van der Waals surface area (Å²) in [4.78, 5) is 12.8. The summed E-state index contributed by atoms with van der Waals surface area (Å²) in [6, 6.07) is 0. The maximum Gasteiger partial charge on any atom is 0.157 e. The number of rotatable bonds is 5. The second-order valence-electron chi connectivity index (χ2n) is 5.69. The van der Waals surface area contributed by atoms with E-state index in [1.54, 1.807) is 18.4 Å². The molecule has 0 radical (unpaired) electrons. The molecule has 2 N–H and O–H groups in total. The lowest BCUT2D eigenvalue weighted by molar-refractivity contribution is 0.571. The van der Waals surface area contributed by atoms with E-state index in [1.165, 1.54) is 6.33 Å². The van der Waals surface area contributed by atoms with Gasteiger partial charge in [0.25, 0.3) is 0 Å². The maximum absolute atomic E-state index is 6.02. The van der Waals surface area contributed by atoms with Crippen molar-refractivity contribution in [1.29, 1.82) is 0 Å². The van der Waals surface area contributed by atoms with E-state index in [0.29, 0.717) is 16.7 Å². The monoisotopic (exact) mass is 325 g/mol. The van der Waals surface area contributed by atoms with Crippen LogP contribution in [0.5, 0.6) is 0 Å². The molecular formula is C14H20ClN5S. The van der Waals surface area contributed by atoms with Gasteiger partial charge in [0, 0.05) is 30.8 Å². The predicted molar refractivity (Wildman–Crippen MR) is 89.6 cm³/mol. The zero-order valence-corrected chi connectivity index (χ0v) is 14.3. The molecular weight excluding hydrogens is 306 g/mol. The third-order valence-corrected chi connectivity index (χ3v) is 4.20. The summed E-state index contributed by atoms with van der Waals surface area (Å²) in [6.45, 7) is 7.27. The van der Waals surface area contributed by atoms with Crippen molar-refractivity contribution in [3.8, 4) is 0 Å². The lowest BCUT2D eigenvalue weighted by Gasteiger charge is -2.14. The van der Waals surface area contributed by atoms with Crippen LogP contribution < -0.4 is 10.6 Å². The van der Waals surface area contributed by atoms with Gasteiger partial charge >= 0.3 is 0 Å². The van der Waals surface area contributed by atoms with Crippen LogP contribution in [-0.2, 0) is 11.8 Å². The average molecular weight is 326 g/mol. The van der Waals surface area contributed by atoms with Gasteiger partial charge in [-0.05, 0) is 0 Å². The quantitative estimate of drug-likeness (QED) is 0.823. The third kappa shape index (κ3) is 4.04. The summed E-state index contributed by atoms with van der Waals surface area (Å²) in [5.41, 5.74) is 1.96. The van der Waals surface area contributed by atoms with Crippen molar-refractivity contribution >= 4 is 34.4 Å². The molecule has 2 aromatic rings. The molecule has 21 heavy (non-hydrogen) atoms. The highest BCUT2D eigenvalue weighted by molar-refractivity contribution is 7.09. The molecule has 5 nitrogen and oxygen atoms in total. The topological polar surface area (TPSA) is 62.7 Å². The number of aromatic nitrogens is 3. The Morgan fingerprint density at radius 3 is 2.67 bits per heavy atom. The van der Waals surface area contributed by atoms with E-state index in [2.05, 4.69) is 51.7 Å². The minimum absolute atomic E-state index is 0.0989. The fourth-order valence-electron chi connectivity index (χ4n) is 1.78. The van der Waals surface area contributed by atoms with Gasteiger partial charge in [-0.2, -0.15) is 0 Å². The Balaban J connectivity index is 1.96. The van der Waals surface area contributed by atoms with E-state index in [0.717, 1.165) is 23.7 Å². The summed E-state index contributed by atoms with van der Waals surface area (Å²) in [6.07, 6.45) is 2.30. The van der Waals surface area contributed by atoms with Crippen molar-refractivity contribution in [3.63, 3.8) is 0 Å². The standard InChI is InChI=1S/C14H20ClN5S/c1-14(2,3)9-7-21-10(20-9)5-6-17-13-11(16-4)12(15)18-8-19-13/h7-8,16H,5-6H2,1-4H3,(H,17,18,19). The number of halogens is 1. The molecule has 2 rings (SSSR count). The highest BCUT2D eigenvalue weighted by atomic mass is 35.5. The van der Waals surface area contributed by atoms with Crippen LogP contribution in [0.15, 0.2) is 11.7 Å². The van der Waals surface area contributed by atoms with E-state index in [9.17, 15) is 0 Å². The SMILES string of the molecule is CNc1c(Cl)ncnc1NCCc1nc(C(C)(C)C)cs1. The first-order valence-electron chi connectivity index (χ1n) is 6.79. The van der Waals surface area contributed by atoms with Gasteiger partial charge in [0.2, 0.25) is 0 Å². The van der Waals surface area contributed by atoms with Crippen LogP contribution in [0.4, 0.5) is 11.5 Å². The van der Waals surface area contributed by atoms with Crippen LogP contribution in [0.2, 0.25) is 5.15 Å². The van der Waals surface area contributed by atoms with Crippen molar-refractivity contribution in [1.82, 2.24) is 15.0 Å². The lowest BCUT2D eigenvalue weighted by atomic mass is 9.93. The Labute approximate surface area is 134 Å². The lowest BCUT2D eigenvalue weighted by Crippen LogP contribution is -2.12. The van der Waals surface area contributed by atoms with Crippen LogP contribution >= 0.6 is 22.9 Å². The van der Waals surface area contributed by atoms with Crippen molar-refractivity contribution < 1.29 is 0 Å². The number of nitrogens with one attached hydrogen (secondary N) is 2. The van der Waals surface area contributed by atoms with E-state index in [-0.39, 0.29) is 5.41 Å². The Kier molecular flexibility index (Phi) is 5.00. The predicted octanol–water partition coefficient (Wildman–Crippen LogP) is 3.58. The fourth-order valence-corrected chi connectivity index (χ4v) is 3.03. The van der Waals surface area contributed by atoms with Crippen molar-refractivity contribution in [2.75, 3.05) is 24.2 Å². The van der Waals surface area contributed by atoms with Crippen LogP contribution in [0.1, 0.15) is 31.5 Å². The van der Waals surface area contributed by atoms with Crippen LogP contribution in [0.3, 0.4) is 0 Å². The first kappa shape index (κ1) is 16.0. The van der Waals surface area contributed by atoms with Gasteiger partial charge < -0.3 is 10.6 Å². The second kappa shape index (κ2) is 6.58. The third-order valence-electron chi connectivity index (χ3n) is 3.00. The molecule has 114 valence electrons. The zero-order chi connectivity index (χ0) is 15.5. The molecule has 0 aliphatic carbocycles. The van der Waals surface area contributed by atoms with Crippen LogP contribution in [0.25, 0.3) is 0 Å². The Bertz CT molecular complexity index is 606. The second-order valence-corrected chi connectivity index (χ2v) is 6.99. The van der Waals surface area contributed by atoms with Crippen molar-refractivity contribution in [3.05, 3.63) is 27.6 Å². The number of hydrogen-bond donors (Lipinski definition) is 2. The molecule has 0 aliphatic heterocycles. The van der Waals surface area contributed by atoms with E-state index in [1.807, 2.05) is 0 Å². The summed E-state index contributed by atoms with van der Waals surface area (Å²) in [5, 5.41) is 9.95. The molecule has 0 unspecified atom stereocenters. The highest BCUT2D eigenvalue weighted by Crippen LogP contribution is 2.26. The molecule has 2 aromatic heterocycles. The first-order valence-corrected chi connectivity index (χ1v) is 8.04. The van der Waals surface area contributed by atoms with Gasteiger partial charge in [-0.25, -0.2) is 15.0 Å². The van der Waals surface area contributed by atoms with Gasteiger partial charge in [0.1, 0.15) is 12.0 Å². The van der Waals surface area contributed by atoms with Crippen LogP contribution in [-0.4, -0.2) is 28.5 Å². The molecule has 0 spiro atoms. The molecule has 0 aliphatic rings. The Hall–Kier alpha value is -1.40. The minimum atomic E-state index is 0.0989. The van der Waals surface area contributed by atoms with Gasteiger partial charge in [0.15, 0.2) is 11.0 Å². The summed E-state index contributed by atoms with van der Waals surface area (Å²) >= 11 is 7.71.